The van der Waals surface area contributed by atoms with Crippen LogP contribution in [-0.2, 0) is 19.5 Å². The van der Waals surface area contributed by atoms with Crippen LogP contribution in [0, 0.1) is 4.77 Å². The first kappa shape index (κ1) is 10.1. The minimum absolute atomic E-state index is 0.770. The van der Waals surface area contributed by atoms with Gasteiger partial charge in [-0.25, -0.2) is 0 Å². The number of aromatic nitrogens is 5. The van der Waals surface area contributed by atoms with E-state index in [-0.39, 0.29) is 0 Å². The Balaban J connectivity index is 2.10. The molecule has 0 radical (unpaired) electrons. The quantitative estimate of drug-likeness (QED) is 0.797. The first-order chi connectivity index (χ1) is 7.31. The third-order valence-corrected chi connectivity index (χ3v) is 2.68. The average Bonchev–Trinajstić information content (AvgIpc) is 2.84. The molecule has 0 fully saturated rings. The Morgan fingerprint density at radius 3 is 3.00 bits per heavy atom. The Bertz CT molecular complexity index is 467. The van der Waals surface area contributed by atoms with Gasteiger partial charge in [0.05, 0.1) is 12.7 Å². The summed E-state index contributed by atoms with van der Waals surface area (Å²) in [5.41, 5.74) is 1.22. The van der Waals surface area contributed by atoms with Gasteiger partial charge in [0.2, 0.25) is 0 Å². The molecule has 2 aromatic rings. The second-order valence-corrected chi connectivity index (χ2v) is 3.64. The van der Waals surface area contributed by atoms with Gasteiger partial charge in [0.25, 0.3) is 0 Å². The number of aromatic amines is 1. The molecule has 2 heterocycles. The largest absolute Gasteiger partial charge is 0.337 e. The van der Waals surface area contributed by atoms with E-state index < -0.39 is 0 Å². The molecule has 2 aromatic heterocycles. The molecule has 15 heavy (non-hydrogen) atoms. The standard InChI is InChI=1S/C9H13N5S/c1-2-8-7-10-9(15)14(8)6-5-13-4-3-11-12-13/h3-4,7H,2,5-6H2,1H3,(H,10,15). The molecule has 0 aliphatic carbocycles. The lowest BCUT2D eigenvalue weighted by molar-refractivity contribution is 0.507. The normalized spacial score (nSPS) is 10.7. The molecule has 80 valence electrons. The monoisotopic (exact) mass is 223 g/mol. The Morgan fingerprint density at radius 1 is 1.47 bits per heavy atom. The highest BCUT2D eigenvalue weighted by Crippen LogP contribution is 2.03. The van der Waals surface area contributed by atoms with E-state index in [9.17, 15) is 0 Å². The fourth-order valence-electron chi connectivity index (χ4n) is 1.52. The average molecular weight is 223 g/mol. The van der Waals surface area contributed by atoms with Gasteiger partial charge in [-0.15, -0.1) is 5.10 Å². The minimum Gasteiger partial charge on any atom is -0.337 e. The summed E-state index contributed by atoms with van der Waals surface area (Å²) in [6.07, 6.45) is 6.47. The second-order valence-electron chi connectivity index (χ2n) is 3.26. The van der Waals surface area contributed by atoms with Crippen molar-refractivity contribution in [3.8, 4) is 0 Å². The number of aryl methyl sites for hydroxylation is 2. The molecule has 0 aromatic carbocycles. The molecule has 0 saturated carbocycles. The van der Waals surface area contributed by atoms with Gasteiger partial charge in [-0.3, -0.25) is 4.68 Å². The predicted molar refractivity (Wildman–Crippen MR) is 59.0 cm³/mol. The molecule has 5 nitrogen and oxygen atoms in total. The molecule has 0 aliphatic heterocycles. The number of hydrogen-bond donors (Lipinski definition) is 1. The van der Waals surface area contributed by atoms with Crippen molar-refractivity contribution in [1.29, 1.82) is 0 Å². The highest BCUT2D eigenvalue weighted by molar-refractivity contribution is 7.71. The van der Waals surface area contributed by atoms with Gasteiger partial charge in [-0.2, -0.15) is 0 Å². The van der Waals surface area contributed by atoms with Crippen LogP contribution in [0.5, 0.6) is 0 Å². The molecule has 0 spiro atoms. The van der Waals surface area contributed by atoms with E-state index >= 15 is 0 Å². The van der Waals surface area contributed by atoms with Gasteiger partial charge in [0, 0.05) is 24.6 Å². The molecular weight excluding hydrogens is 210 g/mol. The molecule has 1 N–H and O–H groups in total. The van der Waals surface area contributed by atoms with E-state index in [1.54, 1.807) is 10.9 Å². The number of H-pyrrole nitrogens is 1. The molecule has 0 saturated heterocycles. The van der Waals surface area contributed by atoms with E-state index in [4.69, 9.17) is 12.2 Å². The van der Waals surface area contributed by atoms with Gasteiger partial charge in [-0.05, 0) is 18.6 Å². The van der Waals surface area contributed by atoms with Gasteiger partial charge >= 0.3 is 0 Å². The van der Waals surface area contributed by atoms with Gasteiger partial charge < -0.3 is 9.55 Å². The summed E-state index contributed by atoms with van der Waals surface area (Å²) in [5.74, 6) is 0. The van der Waals surface area contributed by atoms with Crippen molar-refractivity contribution in [1.82, 2.24) is 24.5 Å². The SMILES string of the molecule is CCc1c[nH]c(=S)n1CCn1ccnn1. The van der Waals surface area contributed by atoms with Crippen molar-refractivity contribution >= 4 is 12.2 Å². The van der Waals surface area contributed by atoms with Crippen molar-refractivity contribution in [2.75, 3.05) is 0 Å². The van der Waals surface area contributed by atoms with Crippen molar-refractivity contribution in [3.05, 3.63) is 29.1 Å². The Hall–Kier alpha value is -1.43. The number of nitrogens with zero attached hydrogens (tertiary/aromatic N) is 4. The number of nitrogens with one attached hydrogen (secondary N) is 1. The zero-order chi connectivity index (χ0) is 10.7. The van der Waals surface area contributed by atoms with Crippen molar-refractivity contribution < 1.29 is 0 Å². The summed E-state index contributed by atoms with van der Waals surface area (Å²) < 4.78 is 4.66. The van der Waals surface area contributed by atoms with Crippen LogP contribution < -0.4 is 0 Å². The fourth-order valence-corrected chi connectivity index (χ4v) is 1.79. The summed E-state index contributed by atoms with van der Waals surface area (Å²) in [7, 11) is 0. The van der Waals surface area contributed by atoms with E-state index in [2.05, 4.69) is 26.8 Å². The van der Waals surface area contributed by atoms with Crippen LogP contribution in [0.2, 0.25) is 0 Å². The maximum absolute atomic E-state index is 5.20. The van der Waals surface area contributed by atoms with E-state index in [0.717, 1.165) is 24.3 Å². The summed E-state index contributed by atoms with van der Waals surface area (Å²) in [6.45, 7) is 3.73. The minimum atomic E-state index is 0.770. The van der Waals surface area contributed by atoms with Crippen LogP contribution >= 0.6 is 12.2 Å². The van der Waals surface area contributed by atoms with Crippen molar-refractivity contribution in [3.63, 3.8) is 0 Å². The number of hydrogen-bond acceptors (Lipinski definition) is 3. The van der Waals surface area contributed by atoms with Crippen molar-refractivity contribution in [2.45, 2.75) is 26.4 Å². The maximum Gasteiger partial charge on any atom is 0.177 e. The predicted octanol–water partition coefficient (Wildman–Crippen LogP) is 1.40. The molecule has 0 amide bonds. The summed E-state index contributed by atoms with van der Waals surface area (Å²) in [6, 6.07) is 0. The Kier molecular flexibility index (Phi) is 2.96. The van der Waals surface area contributed by atoms with Crippen LogP contribution in [0.15, 0.2) is 18.6 Å². The van der Waals surface area contributed by atoms with Crippen molar-refractivity contribution in [2.24, 2.45) is 0 Å². The highest BCUT2D eigenvalue weighted by atomic mass is 32.1. The molecule has 6 heteroatoms. The molecule has 0 aliphatic rings. The second kappa shape index (κ2) is 4.39. The first-order valence-corrected chi connectivity index (χ1v) is 5.33. The van der Waals surface area contributed by atoms with Crippen LogP contribution in [-0.4, -0.2) is 24.5 Å². The summed E-state index contributed by atoms with van der Waals surface area (Å²) in [5, 5.41) is 7.67. The molecule has 0 bridgehead atoms. The Morgan fingerprint density at radius 2 is 2.33 bits per heavy atom. The van der Waals surface area contributed by atoms with Crippen LogP contribution in [0.1, 0.15) is 12.6 Å². The van der Waals surface area contributed by atoms with Crippen LogP contribution in [0.4, 0.5) is 0 Å². The van der Waals surface area contributed by atoms with E-state index in [1.165, 1.54) is 5.69 Å². The first-order valence-electron chi connectivity index (χ1n) is 4.92. The van der Waals surface area contributed by atoms with E-state index in [0.29, 0.717) is 0 Å². The third-order valence-electron chi connectivity index (χ3n) is 2.34. The van der Waals surface area contributed by atoms with Gasteiger partial charge in [0.15, 0.2) is 4.77 Å². The molecule has 0 unspecified atom stereocenters. The van der Waals surface area contributed by atoms with Gasteiger partial charge in [0.1, 0.15) is 0 Å². The zero-order valence-electron chi connectivity index (χ0n) is 8.55. The highest BCUT2D eigenvalue weighted by Gasteiger charge is 2.01. The number of imidazole rings is 1. The lowest BCUT2D eigenvalue weighted by Crippen LogP contribution is -2.10. The van der Waals surface area contributed by atoms with E-state index in [1.807, 2.05) is 12.4 Å². The zero-order valence-corrected chi connectivity index (χ0v) is 9.37. The molecule has 0 atom stereocenters. The van der Waals surface area contributed by atoms with Crippen LogP contribution in [0.3, 0.4) is 0 Å². The summed E-state index contributed by atoms with van der Waals surface area (Å²) >= 11 is 5.20. The molecular formula is C9H13N5S. The summed E-state index contributed by atoms with van der Waals surface area (Å²) in [4.78, 5) is 3.05. The topological polar surface area (TPSA) is 51.4 Å². The smallest absolute Gasteiger partial charge is 0.177 e. The Labute approximate surface area is 92.7 Å². The maximum atomic E-state index is 5.20. The van der Waals surface area contributed by atoms with Gasteiger partial charge in [-0.1, -0.05) is 12.1 Å². The van der Waals surface area contributed by atoms with Crippen LogP contribution in [0.25, 0.3) is 0 Å². The fraction of sp³-hybridized carbons (Fsp3) is 0.444. The number of rotatable bonds is 4. The lowest BCUT2D eigenvalue weighted by Gasteiger charge is -2.06. The molecule has 2 rings (SSSR count). The third kappa shape index (κ3) is 2.15. The lowest BCUT2D eigenvalue weighted by atomic mass is 10.3.